The Hall–Kier alpha value is -1.87. The molecule has 0 aliphatic rings. The van der Waals surface area contributed by atoms with Gasteiger partial charge in [-0.05, 0) is 0 Å². The molecule has 0 fully saturated rings. The number of hydrogen-bond donors (Lipinski definition) is 0. The maximum Gasteiger partial charge on any atom is 0.329 e. The molecule has 0 N–H and O–H groups in total. The molecular formula is C10H14N4O2. The molecule has 0 aromatic carbocycles. The minimum absolute atomic E-state index is 0.190. The summed E-state index contributed by atoms with van der Waals surface area (Å²) in [7, 11) is 1.57. The number of amides is 1. The number of nitrogens with zero attached hydrogens (tertiary/aromatic N) is 4. The van der Waals surface area contributed by atoms with Gasteiger partial charge in [0.2, 0.25) is 0 Å². The average Bonchev–Trinajstić information content (AvgIpc) is 2.82. The molecule has 1 aromatic rings. The number of nitriles is 1. The zero-order valence-electron chi connectivity index (χ0n) is 9.17. The van der Waals surface area contributed by atoms with Gasteiger partial charge in [-0.15, -0.1) is 0 Å². The second-order valence-corrected chi connectivity index (χ2v) is 3.14. The molecule has 0 saturated heterocycles. The van der Waals surface area contributed by atoms with E-state index in [1.807, 2.05) is 6.07 Å². The lowest BCUT2D eigenvalue weighted by molar-refractivity contribution is 0.151. The van der Waals surface area contributed by atoms with Crippen molar-refractivity contribution in [2.75, 3.05) is 26.8 Å². The fourth-order valence-electron chi connectivity index (χ4n) is 1.23. The van der Waals surface area contributed by atoms with Crippen LogP contribution in [0, 0.1) is 11.3 Å². The summed E-state index contributed by atoms with van der Waals surface area (Å²) < 4.78 is 6.30. The largest absolute Gasteiger partial charge is 0.383 e. The zero-order valence-corrected chi connectivity index (χ0v) is 9.17. The number of hydrogen-bond acceptors (Lipinski definition) is 4. The zero-order chi connectivity index (χ0) is 11.8. The van der Waals surface area contributed by atoms with E-state index in [-0.39, 0.29) is 6.03 Å². The molecule has 0 aliphatic heterocycles. The van der Waals surface area contributed by atoms with Gasteiger partial charge in [0.25, 0.3) is 0 Å². The second kappa shape index (κ2) is 6.58. The predicted molar refractivity (Wildman–Crippen MR) is 56.7 cm³/mol. The average molecular weight is 222 g/mol. The predicted octanol–water partition coefficient (Wildman–Crippen LogP) is 0.713. The van der Waals surface area contributed by atoms with Crippen molar-refractivity contribution in [3.05, 3.63) is 18.7 Å². The van der Waals surface area contributed by atoms with Crippen LogP contribution in [-0.2, 0) is 4.74 Å². The van der Waals surface area contributed by atoms with E-state index < -0.39 is 0 Å². The third kappa shape index (κ3) is 3.37. The Labute approximate surface area is 94.1 Å². The highest BCUT2D eigenvalue weighted by Gasteiger charge is 2.13. The molecule has 6 heteroatoms. The monoisotopic (exact) mass is 222 g/mol. The summed E-state index contributed by atoms with van der Waals surface area (Å²) in [5.74, 6) is 0. The van der Waals surface area contributed by atoms with Crippen LogP contribution in [0.5, 0.6) is 0 Å². The van der Waals surface area contributed by atoms with Gasteiger partial charge in [0.15, 0.2) is 0 Å². The SMILES string of the molecule is COCCN(CCC#N)C(=O)n1ccnc1. The molecule has 0 aliphatic carbocycles. The van der Waals surface area contributed by atoms with E-state index in [1.54, 1.807) is 18.2 Å². The molecular weight excluding hydrogens is 208 g/mol. The van der Waals surface area contributed by atoms with Crippen molar-refractivity contribution in [1.82, 2.24) is 14.5 Å². The van der Waals surface area contributed by atoms with E-state index in [4.69, 9.17) is 10.00 Å². The van der Waals surface area contributed by atoms with Gasteiger partial charge in [0.05, 0.1) is 19.1 Å². The lowest BCUT2D eigenvalue weighted by Gasteiger charge is -2.20. The van der Waals surface area contributed by atoms with Crippen LogP contribution >= 0.6 is 0 Å². The van der Waals surface area contributed by atoms with Crippen LogP contribution in [0.25, 0.3) is 0 Å². The summed E-state index contributed by atoms with van der Waals surface area (Å²) in [4.78, 5) is 17.3. The molecule has 0 spiro atoms. The maximum absolute atomic E-state index is 11.9. The lowest BCUT2D eigenvalue weighted by atomic mass is 10.4. The van der Waals surface area contributed by atoms with Crippen molar-refractivity contribution in [2.24, 2.45) is 0 Å². The summed E-state index contributed by atoms with van der Waals surface area (Å²) in [6.07, 6.45) is 4.86. The first-order valence-electron chi connectivity index (χ1n) is 4.92. The molecule has 6 nitrogen and oxygen atoms in total. The number of ether oxygens (including phenoxy) is 1. The first-order valence-corrected chi connectivity index (χ1v) is 4.92. The number of carbonyl (C=O) groups is 1. The summed E-state index contributed by atoms with van der Waals surface area (Å²) in [6.45, 7) is 1.32. The van der Waals surface area contributed by atoms with Crippen LogP contribution in [0.3, 0.4) is 0 Å². The first-order chi connectivity index (χ1) is 7.79. The number of carbonyl (C=O) groups excluding carboxylic acids is 1. The molecule has 1 aromatic heterocycles. The summed E-state index contributed by atoms with van der Waals surface area (Å²) in [5.41, 5.74) is 0. The molecule has 0 unspecified atom stereocenters. The van der Waals surface area contributed by atoms with Crippen LogP contribution in [0.15, 0.2) is 18.7 Å². The van der Waals surface area contributed by atoms with Crippen LogP contribution in [0.4, 0.5) is 4.79 Å². The lowest BCUT2D eigenvalue weighted by Crippen LogP contribution is -2.37. The highest BCUT2D eigenvalue weighted by molar-refractivity contribution is 5.76. The van der Waals surface area contributed by atoms with Crippen molar-refractivity contribution in [3.63, 3.8) is 0 Å². The molecule has 0 saturated carbocycles. The van der Waals surface area contributed by atoms with Crippen LogP contribution in [-0.4, -0.2) is 47.3 Å². The Balaban J connectivity index is 2.60. The second-order valence-electron chi connectivity index (χ2n) is 3.14. The quantitative estimate of drug-likeness (QED) is 0.735. The Morgan fingerprint density at radius 2 is 2.44 bits per heavy atom. The van der Waals surface area contributed by atoms with Gasteiger partial charge < -0.3 is 9.64 Å². The number of imidazole rings is 1. The van der Waals surface area contributed by atoms with E-state index in [0.717, 1.165) is 0 Å². The van der Waals surface area contributed by atoms with E-state index in [9.17, 15) is 4.79 Å². The molecule has 0 bridgehead atoms. The van der Waals surface area contributed by atoms with E-state index in [1.165, 1.54) is 17.1 Å². The minimum Gasteiger partial charge on any atom is -0.383 e. The van der Waals surface area contributed by atoms with E-state index in [0.29, 0.717) is 26.1 Å². The van der Waals surface area contributed by atoms with Gasteiger partial charge >= 0.3 is 6.03 Å². The minimum atomic E-state index is -0.190. The van der Waals surface area contributed by atoms with Crippen molar-refractivity contribution in [1.29, 1.82) is 5.26 Å². The van der Waals surface area contributed by atoms with Crippen LogP contribution < -0.4 is 0 Å². The smallest absolute Gasteiger partial charge is 0.329 e. The molecule has 86 valence electrons. The Kier molecular flexibility index (Phi) is 5.02. The number of rotatable bonds is 5. The summed E-state index contributed by atoms with van der Waals surface area (Å²) in [6, 6.07) is 1.83. The molecule has 1 rings (SSSR count). The summed E-state index contributed by atoms with van der Waals surface area (Å²) >= 11 is 0. The highest BCUT2D eigenvalue weighted by atomic mass is 16.5. The normalized spacial score (nSPS) is 9.75. The Morgan fingerprint density at radius 1 is 1.62 bits per heavy atom. The van der Waals surface area contributed by atoms with Gasteiger partial charge in [0.1, 0.15) is 6.33 Å². The molecule has 0 radical (unpaired) electrons. The fourth-order valence-corrected chi connectivity index (χ4v) is 1.23. The first kappa shape index (κ1) is 12.2. The van der Waals surface area contributed by atoms with Crippen LogP contribution in [0.2, 0.25) is 0 Å². The van der Waals surface area contributed by atoms with Crippen molar-refractivity contribution < 1.29 is 9.53 Å². The Bertz CT molecular complexity index is 355. The van der Waals surface area contributed by atoms with Crippen molar-refractivity contribution in [2.45, 2.75) is 6.42 Å². The van der Waals surface area contributed by atoms with Gasteiger partial charge in [-0.25, -0.2) is 9.78 Å². The third-order valence-electron chi connectivity index (χ3n) is 2.05. The highest BCUT2D eigenvalue weighted by Crippen LogP contribution is 1.98. The van der Waals surface area contributed by atoms with Gasteiger partial charge in [-0.3, -0.25) is 4.57 Å². The standard InChI is InChI=1S/C10H14N4O2/c1-16-8-7-13(5-2-3-11)10(15)14-6-4-12-9-14/h4,6,9H,2,5,7-8H2,1H3. The van der Waals surface area contributed by atoms with Gasteiger partial charge in [-0.1, -0.05) is 0 Å². The molecule has 1 heterocycles. The van der Waals surface area contributed by atoms with E-state index >= 15 is 0 Å². The molecule has 16 heavy (non-hydrogen) atoms. The van der Waals surface area contributed by atoms with Crippen molar-refractivity contribution in [3.8, 4) is 6.07 Å². The number of methoxy groups -OCH3 is 1. The van der Waals surface area contributed by atoms with E-state index in [2.05, 4.69) is 4.98 Å². The fraction of sp³-hybridized carbons (Fsp3) is 0.500. The topological polar surface area (TPSA) is 71.2 Å². The molecule has 0 atom stereocenters. The van der Waals surface area contributed by atoms with Gasteiger partial charge in [-0.2, -0.15) is 5.26 Å². The Morgan fingerprint density at radius 3 is 3.00 bits per heavy atom. The summed E-state index contributed by atoms with van der Waals surface area (Å²) in [5, 5.41) is 8.51. The third-order valence-corrected chi connectivity index (χ3v) is 2.05. The maximum atomic E-state index is 11.9. The van der Waals surface area contributed by atoms with Crippen molar-refractivity contribution >= 4 is 6.03 Å². The van der Waals surface area contributed by atoms with Gasteiger partial charge in [0, 0.05) is 32.6 Å². The molecule has 1 amide bonds. The number of aromatic nitrogens is 2. The van der Waals surface area contributed by atoms with Crippen LogP contribution in [0.1, 0.15) is 6.42 Å².